The lowest BCUT2D eigenvalue weighted by atomic mass is 9.91. The van der Waals surface area contributed by atoms with Gasteiger partial charge in [-0.2, -0.15) is 0 Å². The Labute approximate surface area is 139 Å². The van der Waals surface area contributed by atoms with Crippen LogP contribution in [-0.4, -0.2) is 106 Å². The van der Waals surface area contributed by atoms with Gasteiger partial charge in [-0.15, -0.1) is 0 Å². The van der Waals surface area contributed by atoms with E-state index >= 15 is 0 Å². The number of aliphatic hydroxyl groups is 6. The Hall–Kier alpha value is -0.400. The van der Waals surface area contributed by atoms with Gasteiger partial charge in [0.2, 0.25) is 0 Å². The van der Waals surface area contributed by atoms with Crippen molar-refractivity contribution in [1.29, 1.82) is 0 Å². The summed E-state index contributed by atoms with van der Waals surface area (Å²) in [6, 6.07) is 0. The Morgan fingerprint density at radius 1 is 0.792 bits per heavy atom. The average molecular weight is 354 g/mol. The van der Waals surface area contributed by atoms with E-state index in [1.807, 2.05) is 0 Å². The fourth-order valence-electron chi connectivity index (χ4n) is 2.98. The minimum atomic E-state index is -1.53. The lowest BCUT2D eigenvalue weighted by molar-refractivity contribution is -0.373. The molecule has 0 aliphatic carbocycles. The highest BCUT2D eigenvalue weighted by Gasteiger charge is 2.49. The zero-order valence-corrected chi connectivity index (χ0v) is 13.5. The Bertz CT molecular complexity index is 392. The second-order valence-corrected chi connectivity index (χ2v) is 6.11. The molecule has 10 nitrogen and oxygen atoms in total. The summed E-state index contributed by atoms with van der Waals surface area (Å²) >= 11 is 0. The maximum atomic E-state index is 10.1. The van der Waals surface area contributed by atoms with Crippen LogP contribution < -0.4 is 0 Å². The van der Waals surface area contributed by atoms with Crippen molar-refractivity contribution in [2.75, 3.05) is 20.3 Å². The molecule has 10 atom stereocenters. The van der Waals surface area contributed by atoms with Gasteiger partial charge in [-0.05, 0) is 0 Å². The maximum Gasteiger partial charge on any atom is 0.189 e. The Balaban J connectivity index is 2.08. The summed E-state index contributed by atoms with van der Waals surface area (Å²) in [5.74, 6) is -0.532. The topological polar surface area (TPSA) is 158 Å². The summed E-state index contributed by atoms with van der Waals surface area (Å²) in [7, 11) is 1.30. The summed E-state index contributed by atoms with van der Waals surface area (Å²) < 4.78 is 21.1. The molecule has 10 heteroatoms. The molecule has 2 rings (SSSR count). The SMILES string of the molecule is CO[C@H]1[C@H](O)[C@@H](O)[C@H](O[C@@H]2O[C@H](CO)[C@@H](C)[C@H](O)[C@H]2O)O[C@@H]1CO. The normalized spacial score (nSPS) is 50.0. The molecule has 0 aromatic carbocycles. The monoisotopic (exact) mass is 354 g/mol. The maximum absolute atomic E-state index is 10.1. The van der Waals surface area contributed by atoms with Crippen LogP contribution in [0.4, 0.5) is 0 Å². The van der Waals surface area contributed by atoms with Crippen molar-refractivity contribution in [3.05, 3.63) is 0 Å². The molecule has 0 aromatic rings. The second kappa shape index (κ2) is 8.32. The van der Waals surface area contributed by atoms with Crippen molar-refractivity contribution < 1.29 is 49.6 Å². The summed E-state index contributed by atoms with van der Waals surface area (Å²) in [5, 5.41) is 58.8. The molecular weight excluding hydrogens is 328 g/mol. The molecule has 0 spiro atoms. The third kappa shape index (κ3) is 3.73. The molecule has 2 fully saturated rings. The first-order valence-corrected chi connectivity index (χ1v) is 7.78. The zero-order valence-electron chi connectivity index (χ0n) is 13.5. The number of hydrogen-bond acceptors (Lipinski definition) is 10. The van der Waals surface area contributed by atoms with Gasteiger partial charge in [-0.1, -0.05) is 6.92 Å². The Morgan fingerprint density at radius 2 is 1.29 bits per heavy atom. The van der Waals surface area contributed by atoms with Crippen molar-refractivity contribution in [3.63, 3.8) is 0 Å². The third-order valence-electron chi connectivity index (χ3n) is 4.60. The van der Waals surface area contributed by atoms with E-state index in [0.717, 1.165) is 0 Å². The van der Waals surface area contributed by atoms with Gasteiger partial charge in [0.1, 0.15) is 30.5 Å². The van der Waals surface area contributed by atoms with Gasteiger partial charge in [0, 0.05) is 13.0 Å². The van der Waals surface area contributed by atoms with E-state index in [4.69, 9.17) is 18.9 Å². The predicted octanol–water partition coefficient (Wildman–Crippen LogP) is -3.47. The van der Waals surface area contributed by atoms with E-state index in [2.05, 4.69) is 0 Å². The molecule has 24 heavy (non-hydrogen) atoms. The lowest BCUT2D eigenvalue weighted by Gasteiger charge is -2.45. The molecule has 0 aromatic heterocycles. The Kier molecular flexibility index (Phi) is 6.90. The highest BCUT2D eigenvalue weighted by molar-refractivity contribution is 4.92. The largest absolute Gasteiger partial charge is 0.394 e. The van der Waals surface area contributed by atoms with Crippen LogP contribution in [-0.2, 0) is 18.9 Å². The predicted molar refractivity (Wildman–Crippen MR) is 76.6 cm³/mol. The second-order valence-electron chi connectivity index (χ2n) is 6.11. The lowest BCUT2D eigenvalue weighted by Crippen LogP contribution is -2.62. The molecule has 0 bridgehead atoms. The number of aliphatic hydroxyl groups excluding tert-OH is 6. The van der Waals surface area contributed by atoms with Crippen molar-refractivity contribution >= 4 is 0 Å². The van der Waals surface area contributed by atoms with E-state index in [1.165, 1.54) is 7.11 Å². The van der Waals surface area contributed by atoms with Gasteiger partial charge in [-0.3, -0.25) is 0 Å². The van der Waals surface area contributed by atoms with E-state index in [9.17, 15) is 30.6 Å². The molecule has 2 aliphatic rings. The molecule has 2 aliphatic heterocycles. The van der Waals surface area contributed by atoms with Gasteiger partial charge >= 0.3 is 0 Å². The molecule has 0 radical (unpaired) electrons. The van der Waals surface area contributed by atoms with Crippen molar-refractivity contribution in [3.8, 4) is 0 Å². The van der Waals surface area contributed by atoms with Gasteiger partial charge in [0.15, 0.2) is 12.6 Å². The summed E-state index contributed by atoms with van der Waals surface area (Å²) in [6.45, 7) is 0.716. The molecule has 0 amide bonds. The van der Waals surface area contributed by atoms with Crippen LogP contribution in [0.25, 0.3) is 0 Å². The Morgan fingerprint density at radius 3 is 1.79 bits per heavy atom. The van der Waals surface area contributed by atoms with E-state index in [-0.39, 0.29) is 0 Å². The van der Waals surface area contributed by atoms with Gasteiger partial charge < -0.3 is 49.6 Å². The van der Waals surface area contributed by atoms with Gasteiger partial charge in [0.25, 0.3) is 0 Å². The fourth-order valence-corrected chi connectivity index (χ4v) is 2.98. The van der Waals surface area contributed by atoms with Crippen LogP contribution in [0.5, 0.6) is 0 Å². The highest BCUT2D eigenvalue weighted by atomic mass is 16.8. The first kappa shape index (κ1) is 19.9. The minimum Gasteiger partial charge on any atom is -0.394 e. The van der Waals surface area contributed by atoms with E-state index in [1.54, 1.807) is 6.92 Å². The third-order valence-corrected chi connectivity index (χ3v) is 4.60. The summed E-state index contributed by atoms with van der Waals surface area (Å²) in [5.41, 5.74) is 0. The van der Waals surface area contributed by atoms with Crippen LogP contribution in [0.2, 0.25) is 0 Å². The van der Waals surface area contributed by atoms with E-state index in [0.29, 0.717) is 0 Å². The smallest absolute Gasteiger partial charge is 0.189 e. The van der Waals surface area contributed by atoms with Crippen LogP contribution >= 0.6 is 0 Å². The van der Waals surface area contributed by atoms with Crippen LogP contribution in [0.1, 0.15) is 6.92 Å². The van der Waals surface area contributed by atoms with Crippen LogP contribution in [0.3, 0.4) is 0 Å². The quantitative estimate of drug-likeness (QED) is 0.293. The molecule has 142 valence electrons. The van der Waals surface area contributed by atoms with Crippen molar-refractivity contribution in [1.82, 2.24) is 0 Å². The fraction of sp³-hybridized carbons (Fsp3) is 1.00. The molecule has 6 N–H and O–H groups in total. The van der Waals surface area contributed by atoms with Crippen LogP contribution in [0, 0.1) is 5.92 Å². The zero-order chi connectivity index (χ0) is 18.0. The molecule has 2 heterocycles. The summed E-state index contributed by atoms with van der Waals surface area (Å²) in [4.78, 5) is 0. The number of hydrogen-bond donors (Lipinski definition) is 6. The molecule has 0 unspecified atom stereocenters. The van der Waals surface area contributed by atoms with Crippen LogP contribution in [0.15, 0.2) is 0 Å². The van der Waals surface area contributed by atoms with Gasteiger partial charge in [0.05, 0.1) is 25.4 Å². The van der Waals surface area contributed by atoms with Gasteiger partial charge in [-0.25, -0.2) is 0 Å². The number of ether oxygens (including phenoxy) is 4. The first-order valence-electron chi connectivity index (χ1n) is 7.78. The number of rotatable bonds is 5. The molecular formula is C14H26O10. The van der Waals surface area contributed by atoms with Crippen molar-refractivity contribution in [2.24, 2.45) is 5.92 Å². The standard InChI is InChI=1S/C14H26O10/c1-5-6(3-15)22-13(10(19)8(5)17)24-14-11(20)9(18)12(21-2)7(4-16)23-14/h5-20H,3-4H2,1-2H3/t5-,6-,7-,8+,9-,10-,11-,12-,13+,14+/m1/s1. The molecule has 2 saturated heterocycles. The number of methoxy groups -OCH3 is 1. The minimum absolute atomic E-state index is 0.396. The highest BCUT2D eigenvalue weighted by Crippen LogP contribution is 2.30. The van der Waals surface area contributed by atoms with E-state index < -0.39 is 74.4 Å². The summed E-state index contributed by atoms with van der Waals surface area (Å²) in [6.07, 6.45) is -11.1. The average Bonchev–Trinajstić information content (AvgIpc) is 2.58. The first-order chi connectivity index (χ1) is 11.3. The molecule has 0 saturated carbocycles. The van der Waals surface area contributed by atoms with Crippen molar-refractivity contribution in [2.45, 2.75) is 62.2 Å².